The highest BCUT2D eigenvalue weighted by molar-refractivity contribution is 5.83. The molecule has 0 spiro atoms. The van der Waals surface area contributed by atoms with E-state index in [1.54, 1.807) is 18.7 Å². The highest BCUT2D eigenvalue weighted by Gasteiger charge is 2.27. The number of nitrogens with zero attached hydrogens (tertiary/aromatic N) is 2. The van der Waals surface area contributed by atoms with Crippen molar-refractivity contribution in [2.45, 2.75) is 32.7 Å². The molecule has 1 aliphatic rings. The van der Waals surface area contributed by atoms with Gasteiger partial charge in [-0.15, -0.1) is 0 Å². The van der Waals surface area contributed by atoms with Gasteiger partial charge in [-0.1, -0.05) is 0 Å². The Balaban J connectivity index is 2.70. The molecule has 1 N–H and O–H groups in total. The van der Waals surface area contributed by atoms with Crippen LogP contribution in [0, 0.1) is 11.3 Å². The maximum Gasteiger partial charge on any atom is 0.334 e. The van der Waals surface area contributed by atoms with Gasteiger partial charge >= 0.3 is 11.9 Å². The highest BCUT2D eigenvalue weighted by atomic mass is 16.5. The molecule has 21 heavy (non-hydrogen) atoms. The summed E-state index contributed by atoms with van der Waals surface area (Å²) in [7, 11) is 0. The average molecular weight is 295 g/mol. The van der Waals surface area contributed by atoms with Crippen LogP contribution in [0.1, 0.15) is 26.7 Å². The monoisotopic (exact) mass is 295 g/mol. The highest BCUT2D eigenvalue weighted by Crippen LogP contribution is 2.14. The number of carbonyl (C=O) groups excluding carboxylic acids is 2. The van der Waals surface area contributed by atoms with E-state index in [1.807, 2.05) is 6.07 Å². The third kappa shape index (κ3) is 5.34. The minimum atomic E-state index is -0.532. The van der Waals surface area contributed by atoms with Crippen LogP contribution >= 0.6 is 0 Å². The molecule has 0 amide bonds. The van der Waals surface area contributed by atoms with Crippen molar-refractivity contribution in [3.63, 3.8) is 0 Å². The second-order valence-electron chi connectivity index (χ2n) is 4.51. The van der Waals surface area contributed by atoms with Gasteiger partial charge in [-0.3, -0.25) is 0 Å². The molecule has 7 heteroatoms. The quantitative estimate of drug-likeness (QED) is 0.434. The van der Waals surface area contributed by atoms with Crippen molar-refractivity contribution >= 4 is 11.9 Å². The fraction of sp³-hybridized carbons (Fsp3) is 0.643. The van der Waals surface area contributed by atoms with E-state index >= 15 is 0 Å². The number of esters is 2. The topological polar surface area (TPSA) is 91.7 Å². The van der Waals surface area contributed by atoms with Crippen molar-refractivity contribution in [3.8, 4) is 6.07 Å². The SMILES string of the molecule is CCOC(=O)C(C)N1CCCNC1=CC(=O)OCCC#N. The van der Waals surface area contributed by atoms with Crippen LogP contribution in [0.4, 0.5) is 0 Å². The zero-order valence-electron chi connectivity index (χ0n) is 12.4. The zero-order valence-corrected chi connectivity index (χ0v) is 12.4. The Morgan fingerprint density at radius 1 is 1.52 bits per heavy atom. The Morgan fingerprint density at radius 2 is 2.29 bits per heavy atom. The van der Waals surface area contributed by atoms with Gasteiger partial charge in [0.05, 0.1) is 25.2 Å². The van der Waals surface area contributed by atoms with Crippen LogP contribution in [-0.4, -0.2) is 49.2 Å². The normalized spacial score (nSPS) is 17.6. The molecule has 1 aliphatic heterocycles. The lowest BCUT2D eigenvalue weighted by molar-refractivity contribution is -0.148. The molecule has 1 fully saturated rings. The van der Waals surface area contributed by atoms with Crippen LogP contribution in [0.3, 0.4) is 0 Å². The minimum Gasteiger partial charge on any atom is -0.464 e. The van der Waals surface area contributed by atoms with Crippen LogP contribution in [0.2, 0.25) is 0 Å². The van der Waals surface area contributed by atoms with Gasteiger partial charge in [0.15, 0.2) is 0 Å². The summed E-state index contributed by atoms with van der Waals surface area (Å²) < 4.78 is 9.90. The molecular weight excluding hydrogens is 274 g/mol. The van der Waals surface area contributed by atoms with Gasteiger partial charge in [0, 0.05) is 13.1 Å². The van der Waals surface area contributed by atoms with E-state index in [-0.39, 0.29) is 19.0 Å². The second kappa shape index (κ2) is 8.84. The first kappa shape index (κ1) is 16.8. The maximum atomic E-state index is 11.8. The Hall–Kier alpha value is -2.23. The molecular formula is C14H21N3O4. The number of rotatable bonds is 6. The Kier molecular flexibility index (Phi) is 7.09. The summed E-state index contributed by atoms with van der Waals surface area (Å²) >= 11 is 0. The molecule has 0 aromatic carbocycles. The fourth-order valence-electron chi connectivity index (χ4n) is 1.96. The predicted octanol–water partition coefficient (Wildman–Crippen LogP) is 0.532. The van der Waals surface area contributed by atoms with Gasteiger partial charge in [0.25, 0.3) is 0 Å². The van der Waals surface area contributed by atoms with Crippen LogP contribution in [0.25, 0.3) is 0 Å². The van der Waals surface area contributed by atoms with E-state index in [4.69, 9.17) is 14.7 Å². The smallest absolute Gasteiger partial charge is 0.334 e. The lowest BCUT2D eigenvalue weighted by Crippen LogP contribution is -2.48. The van der Waals surface area contributed by atoms with Gasteiger partial charge in [-0.25, -0.2) is 9.59 Å². The predicted molar refractivity (Wildman–Crippen MR) is 74.7 cm³/mol. The molecule has 0 aromatic rings. The molecule has 0 saturated carbocycles. The molecule has 0 bridgehead atoms. The summed E-state index contributed by atoms with van der Waals surface area (Å²) in [5, 5.41) is 11.5. The third-order valence-electron chi connectivity index (χ3n) is 3.00. The molecule has 1 rings (SSSR count). The van der Waals surface area contributed by atoms with E-state index in [0.29, 0.717) is 19.0 Å². The Labute approximate surface area is 124 Å². The van der Waals surface area contributed by atoms with Gasteiger partial charge in [-0.2, -0.15) is 5.26 Å². The molecule has 1 heterocycles. The summed E-state index contributed by atoms with van der Waals surface area (Å²) in [6.45, 7) is 5.25. The molecule has 0 aliphatic carbocycles. The van der Waals surface area contributed by atoms with Crippen molar-refractivity contribution in [3.05, 3.63) is 11.9 Å². The first-order valence-electron chi connectivity index (χ1n) is 7.02. The second-order valence-corrected chi connectivity index (χ2v) is 4.51. The van der Waals surface area contributed by atoms with E-state index in [9.17, 15) is 9.59 Å². The van der Waals surface area contributed by atoms with Crippen LogP contribution in [0.5, 0.6) is 0 Å². The number of hydrogen-bond acceptors (Lipinski definition) is 7. The standard InChI is InChI=1S/C14H21N3O4/c1-3-20-14(19)11(2)17-8-5-7-16-12(17)10-13(18)21-9-4-6-15/h10-11,16H,3-5,7-9H2,1-2H3. The van der Waals surface area contributed by atoms with Crippen LogP contribution in [0.15, 0.2) is 11.9 Å². The first-order valence-corrected chi connectivity index (χ1v) is 7.02. The van der Waals surface area contributed by atoms with Gasteiger partial charge in [0.1, 0.15) is 18.5 Å². The Morgan fingerprint density at radius 3 is 2.95 bits per heavy atom. The van der Waals surface area contributed by atoms with E-state index in [2.05, 4.69) is 5.32 Å². The van der Waals surface area contributed by atoms with Crippen molar-refractivity contribution in [1.82, 2.24) is 10.2 Å². The first-order chi connectivity index (χ1) is 10.1. The summed E-state index contributed by atoms with van der Waals surface area (Å²) in [5.74, 6) is -0.315. The Bertz CT molecular complexity index is 442. The van der Waals surface area contributed by atoms with Gasteiger partial charge in [0.2, 0.25) is 0 Å². The number of hydrogen-bond donors (Lipinski definition) is 1. The van der Waals surface area contributed by atoms with Crippen molar-refractivity contribution in [1.29, 1.82) is 5.26 Å². The van der Waals surface area contributed by atoms with Crippen molar-refractivity contribution in [2.24, 2.45) is 0 Å². The van der Waals surface area contributed by atoms with Crippen LogP contribution in [-0.2, 0) is 19.1 Å². The molecule has 0 radical (unpaired) electrons. The molecule has 1 unspecified atom stereocenters. The summed E-state index contributed by atoms with van der Waals surface area (Å²) in [5.41, 5.74) is 0. The molecule has 0 aromatic heterocycles. The molecule has 7 nitrogen and oxygen atoms in total. The summed E-state index contributed by atoms with van der Waals surface area (Å²) in [4.78, 5) is 25.3. The number of carbonyl (C=O) groups is 2. The average Bonchev–Trinajstić information content (AvgIpc) is 2.47. The maximum absolute atomic E-state index is 11.8. The zero-order chi connectivity index (χ0) is 15.7. The molecule has 116 valence electrons. The van der Waals surface area contributed by atoms with Gasteiger partial charge < -0.3 is 19.7 Å². The summed E-state index contributed by atoms with van der Waals surface area (Å²) in [6.07, 6.45) is 2.34. The number of nitriles is 1. The number of ether oxygens (including phenoxy) is 2. The lowest BCUT2D eigenvalue weighted by atomic mass is 10.2. The van der Waals surface area contributed by atoms with E-state index in [0.717, 1.165) is 13.0 Å². The molecule has 1 saturated heterocycles. The lowest BCUT2D eigenvalue weighted by Gasteiger charge is -2.35. The minimum absolute atomic E-state index is 0.0620. The largest absolute Gasteiger partial charge is 0.464 e. The third-order valence-corrected chi connectivity index (χ3v) is 3.00. The fourth-order valence-corrected chi connectivity index (χ4v) is 1.96. The van der Waals surface area contributed by atoms with Gasteiger partial charge in [-0.05, 0) is 20.3 Å². The van der Waals surface area contributed by atoms with Crippen molar-refractivity contribution < 1.29 is 19.1 Å². The summed E-state index contributed by atoms with van der Waals surface area (Å²) in [6, 6.07) is 1.42. The van der Waals surface area contributed by atoms with E-state index < -0.39 is 12.0 Å². The van der Waals surface area contributed by atoms with Crippen LogP contribution < -0.4 is 5.32 Å². The van der Waals surface area contributed by atoms with E-state index in [1.165, 1.54) is 6.08 Å². The van der Waals surface area contributed by atoms with Crippen molar-refractivity contribution in [2.75, 3.05) is 26.3 Å². The molecule has 1 atom stereocenters. The number of nitrogens with one attached hydrogen (secondary N) is 1.